The average molecular weight is 1260 g/mol. The van der Waals surface area contributed by atoms with E-state index in [0.29, 0.717) is 11.5 Å². The van der Waals surface area contributed by atoms with Crippen molar-refractivity contribution in [1.29, 1.82) is 0 Å². The molecule has 0 radical (unpaired) electrons. The van der Waals surface area contributed by atoms with Crippen molar-refractivity contribution in [2.75, 3.05) is 9.80 Å². The van der Waals surface area contributed by atoms with Crippen LogP contribution in [-0.2, 0) is 42.7 Å². The van der Waals surface area contributed by atoms with Crippen LogP contribution in [0.5, 0.6) is 11.5 Å². The van der Waals surface area contributed by atoms with Gasteiger partial charge in [0.1, 0.15) is 5.82 Å². The molecule has 0 fully saturated rings. The van der Waals surface area contributed by atoms with Crippen LogP contribution in [0, 0.1) is 18.8 Å². The second kappa shape index (κ2) is 22.4. The molecule has 0 bridgehead atoms. The normalized spacial score (nSPS) is 13.3. The Morgan fingerprint density at radius 3 is 1.67 bits per heavy atom. The minimum Gasteiger partial charge on any atom is -0.509 e. The first-order valence-corrected chi connectivity index (χ1v) is 28.9. The van der Waals surface area contributed by atoms with Crippen LogP contribution in [0.4, 0.5) is 11.4 Å². The maximum absolute atomic E-state index is 7.48. The Bertz CT molecular complexity index is 3910. The largest absolute Gasteiger partial charge is 0.509 e. The molecular weight excluding hydrogens is 1180 g/mol. The Morgan fingerprint density at radius 1 is 0.512 bits per heavy atom. The van der Waals surface area contributed by atoms with Crippen molar-refractivity contribution >= 4 is 38.9 Å². The summed E-state index contributed by atoms with van der Waals surface area (Å²) in [5.74, 6) is 2.53. The van der Waals surface area contributed by atoms with Crippen molar-refractivity contribution in [3.05, 3.63) is 263 Å². The minimum absolute atomic E-state index is 0. The number of nitrogens with zero attached hydrogens (tertiary/aromatic N) is 4. The van der Waals surface area contributed by atoms with Crippen molar-refractivity contribution in [2.24, 2.45) is 0 Å². The molecule has 2 aromatic heterocycles. The van der Waals surface area contributed by atoms with Gasteiger partial charge in [0.2, 0.25) is 0 Å². The summed E-state index contributed by atoms with van der Waals surface area (Å²) in [6.07, 6.45) is 4.22. The number of fused-ring (bicyclic) bond motifs is 3. The molecule has 1 aliphatic heterocycles. The number of para-hydroxylation sites is 1. The van der Waals surface area contributed by atoms with Crippen molar-refractivity contribution in [3.8, 4) is 28.4 Å². The number of pyridine rings is 1. The molecule has 0 aliphatic carbocycles. The maximum atomic E-state index is 7.48. The third-order valence-electron chi connectivity index (χ3n) is 16.8. The van der Waals surface area contributed by atoms with E-state index in [1.807, 2.05) is 6.20 Å². The fourth-order valence-electron chi connectivity index (χ4n) is 11.8. The first-order valence-electron chi connectivity index (χ1n) is 28.9. The molecule has 420 valence electrons. The van der Waals surface area contributed by atoms with E-state index in [-0.39, 0.29) is 49.1 Å². The van der Waals surface area contributed by atoms with Crippen LogP contribution < -0.4 is 14.5 Å². The van der Waals surface area contributed by atoms with Gasteiger partial charge in [-0.25, -0.2) is 4.98 Å². The van der Waals surface area contributed by atoms with E-state index >= 15 is 0 Å². The zero-order chi connectivity index (χ0) is 57.2. The number of ether oxygens (including phenoxy) is 1. The Morgan fingerprint density at radius 2 is 1.07 bits per heavy atom. The average Bonchev–Trinajstić information content (AvgIpc) is 3.22. The molecule has 0 N–H and O–H groups in total. The summed E-state index contributed by atoms with van der Waals surface area (Å²) in [4.78, 5) is 9.75. The molecule has 1 aliphatic rings. The van der Waals surface area contributed by atoms with Gasteiger partial charge in [0.25, 0.3) is 0 Å². The number of aromatic nitrogens is 2. The van der Waals surface area contributed by atoms with E-state index in [1.54, 1.807) is 0 Å². The Hall–Kier alpha value is -7.46. The van der Waals surface area contributed by atoms with Gasteiger partial charge in [-0.2, -0.15) is 0 Å². The topological polar surface area (TPSA) is 33.5 Å². The van der Waals surface area contributed by atoms with E-state index in [0.717, 1.165) is 61.4 Å². The van der Waals surface area contributed by atoms with Crippen LogP contribution in [0.15, 0.2) is 194 Å². The number of rotatable bonds is 13. The molecule has 0 atom stereocenters. The van der Waals surface area contributed by atoms with E-state index in [2.05, 4.69) is 318 Å². The minimum atomic E-state index is -0.466. The second-order valence-corrected chi connectivity index (χ2v) is 25.9. The third kappa shape index (κ3) is 11.0. The molecule has 0 saturated carbocycles. The fourth-order valence-corrected chi connectivity index (χ4v) is 11.8. The number of anilines is 2. The van der Waals surface area contributed by atoms with Gasteiger partial charge in [0, 0.05) is 61.1 Å². The van der Waals surface area contributed by atoms with Gasteiger partial charge in [-0.3, -0.25) is 0 Å². The molecule has 11 rings (SSSR count). The fraction of sp³-hybridized carbons (Fsp3) is 0.263. The number of hydrogen-bond acceptors (Lipinski definition) is 4. The van der Waals surface area contributed by atoms with Crippen LogP contribution in [0.3, 0.4) is 0 Å². The number of benzene rings is 8. The molecule has 0 saturated heterocycles. The molecule has 0 unspecified atom stereocenters. The Balaban J connectivity index is 0.00000753. The summed E-state index contributed by atoms with van der Waals surface area (Å²) in [5.41, 5.74) is 17.4. The van der Waals surface area contributed by atoms with Crippen molar-refractivity contribution in [1.82, 2.24) is 9.55 Å². The predicted octanol–water partition coefficient (Wildman–Crippen LogP) is 20.2. The zero-order valence-electron chi connectivity index (χ0n) is 50.2. The van der Waals surface area contributed by atoms with Crippen LogP contribution in [0.25, 0.3) is 44.4 Å². The van der Waals surface area contributed by atoms with Crippen LogP contribution >= 0.6 is 0 Å². The predicted molar refractivity (Wildman–Crippen MR) is 341 cm³/mol. The smallest absolute Gasteiger partial charge is 0.135 e. The van der Waals surface area contributed by atoms with Gasteiger partial charge < -0.3 is 19.1 Å². The molecule has 8 aromatic carbocycles. The molecule has 10 aromatic rings. The van der Waals surface area contributed by atoms with Gasteiger partial charge in [0.15, 0.2) is 0 Å². The van der Waals surface area contributed by atoms with Crippen LogP contribution in [0.1, 0.15) is 159 Å². The van der Waals surface area contributed by atoms with Crippen molar-refractivity contribution in [2.45, 2.75) is 130 Å². The maximum Gasteiger partial charge on any atom is 0.135 e. The summed E-state index contributed by atoms with van der Waals surface area (Å²) in [6.45, 7) is 34.4. The second-order valence-electron chi connectivity index (χ2n) is 25.9. The molecule has 82 heavy (non-hydrogen) atoms. The number of hydrogen-bond donors (Lipinski definition) is 0. The van der Waals surface area contributed by atoms with Gasteiger partial charge >= 0.3 is 0 Å². The Kier molecular flexibility index (Phi) is 15.8. The summed E-state index contributed by atoms with van der Waals surface area (Å²) in [6, 6.07) is 73.9. The van der Waals surface area contributed by atoms with E-state index < -0.39 is 5.41 Å². The summed E-state index contributed by atoms with van der Waals surface area (Å²) >= 11 is 0. The SMILES string of the molecule is CC(C)c1cccc(C(C)C)c1-c1cc(Oc2[c-]c3c(c(C(C)(C)c4ccccc4)c2)c2ccccc2n3-c2cc(C(C)(C)c3ccccc3)ccn2)[c-]c(N2[CH-]N(c3cc(C(C)(C)C)cc(C(C)(C)C)c3)C=C2c2ccccc2)c1.[Pt]. The first kappa shape index (κ1) is 57.8. The van der Waals surface area contributed by atoms with E-state index in [4.69, 9.17) is 9.72 Å². The third-order valence-corrected chi connectivity index (χ3v) is 16.8. The zero-order valence-corrected chi connectivity index (χ0v) is 52.5. The molecular formula is C76H77N4OPt-3. The molecule has 0 spiro atoms. The summed E-state index contributed by atoms with van der Waals surface area (Å²) in [7, 11) is 0. The quantitative estimate of drug-likeness (QED) is 0.108. The van der Waals surface area contributed by atoms with Crippen molar-refractivity contribution < 1.29 is 25.8 Å². The summed E-state index contributed by atoms with van der Waals surface area (Å²) in [5, 5.41) is 2.24. The van der Waals surface area contributed by atoms with E-state index in [1.165, 1.54) is 44.5 Å². The van der Waals surface area contributed by atoms with Crippen LogP contribution in [-0.4, -0.2) is 9.55 Å². The monoisotopic (exact) mass is 1260 g/mol. The Labute approximate surface area is 503 Å². The molecule has 5 nitrogen and oxygen atoms in total. The van der Waals surface area contributed by atoms with Crippen LogP contribution in [0.2, 0.25) is 0 Å². The molecule has 0 amide bonds. The summed E-state index contributed by atoms with van der Waals surface area (Å²) < 4.78 is 9.77. The van der Waals surface area contributed by atoms with Crippen molar-refractivity contribution in [3.63, 3.8) is 0 Å². The molecule has 3 heterocycles. The van der Waals surface area contributed by atoms with Gasteiger partial charge in [-0.05, 0) is 120 Å². The molecule has 6 heteroatoms. The van der Waals surface area contributed by atoms with E-state index in [9.17, 15) is 0 Å². The van der Waals surface area contributed by atoms with Gasteiger partial charge in [-0.1, -0.05) is 241 Å². The van der Waals surface area contributed by atoms with Gasteiger partial charge in [0.05, 0.1) is 0 Å². The van der Waals surface area contributed by atoms with Gasteiger partial charge in [-0.15, -0.1) is 53.8 Å². The first-order chi connectivity index (χ1) is 38.6. The standard InChI is InChI=1S/C76H77N4O.Pt/c1-50(2)63-34-26-35-64(51(3)4)71(63)53-39-60(79-49-78(48-69(79)52-27-18-15-19-28-52)59-42-57(73(5,6)7)41-58(43-59)74(8,9)10)45-61(40-53)81-62-46-66(76(13,14)55-31-22-17-23-32-55)72-65-33-24-25-36-67(65)80(68(72)47-62)70-44-56(37-38-77-70)75(11,12)54-29-20-16-21-30-54;/h15-44,46,48-51H,1-14H3;/q-3;.